The quantitative estimate of drug-likeness (QED) is 0.229. The second kappa shape index (κ2) is 9.50. The molecule has 0 N–H and O–H groups in total. The molecule has 8 rings (SSSR count). The maximum absolute atomic E-state index is 6.36. The average Bonchev–Trinajstić information content (AvgIpc) is 3.45. The van der Waals surface area contributed by atoms with E-state index in [-0.39, 0.29) is 0 Å². The van der Waals surface area contributed by atoms with Crippen molar-refractivity contribution in [3.8, 4) is 45.3 Å². The number of hydrogen-bond acceptors (Lipinski definition) is 5. The Kier molecular flexibility index (Phi) is 5.38. The second-order valence-corrected chi connectivity index (χ2v) is 9.91. The monoisotopic (exact) mass is 526 g/mol. The molecule has 5 aromatic carbocycles. The molecule has 0 saturated heterocycles. The molecule has 5 nitrogen and oxygen atoms in total. The van der Waals surface area contributed by atoms with Gasteiger partial charge in [0.2, 0.25) is 0 Å². The van der Waals surface area contributed by atoms with Crippen molar-refractivity contribution in [1.82, 2.24) is 19.9 Å². The number of pyridine rings is 1. The summed E-state index contributed by atoms with van der Waals surface area (Å²) in [5.74, 6) is 1.93. The Bertz CT molecular complexity index is 2130. The fraction of sp³-hybridized carbons (Fsp3) is 0. The van der Waals surface area contributed by atoms with E-state index in [1.165, 1.54) is 0 Å². The number of fused-ring (bicyclic) bond motifs is 5. The molecule has 5 heteroatoms. The van der Waals surface area contributed by atoms with E-state index >= 15 is 0 Å². The third kappa shape index (κ3) is 4.03. The van der Waals surface area contributed by atoms with Crippen molar-refractivity contribution in [3.63, 3.8) is 0 Å². The predicted molar refractivity (Wildman–Crippen MR) is 164 cm³/mol. The fourth-order valence-corrected chi connectivity index (χ4v) is 5.41. The number of furan rings is 1. The van der Waals surface area contributed by atoms with Gasteiger partial charge in [-0.25, -0.2) is 15.0 Å². The molecule has 8 aromatic rings. The van der Waals surface area contributed by atoms with Crippen LogP contribution in [0.1, 0.15) is 0 Å². The van der Waals surface area contributed by atoms with Crippen LogP contribution in [0.15, 0.2) is 138 Å². The van der Waals surface area contributed by atoms with E-state index in [2.05, 4.69) is 53.5 Å². The summed E-state index contributed by atoms with van der Waals surface area (Å²) < 4.78 is 6.36. The zero-order valence-corrected chi connectivity index (χ0v) is 21.9. The Balaban J connectivity index is 1.25. The van der Waals surface area contributed by atoms with Gasteiger partial charge in [0.15, 0.2) is 17.5 Å². The van der Waals surface area contributed by atoms with Gasteiger partial charge < -0.3 is 4.42 Å². The fourth-order valence-electron chi connectivity index (χ4n) is 5.41. The minimum absolute atomic E-state index is 0.634. The highest BCUT2D eigenvalue weighted by Gasteiger charge is 2.16. The van der Waals surface area contributed by atoms with Gasteiger partial charge in [0.05, 0.1) is 5.52 Å². The van der Waals surface area contributed by atoms with Crippen LogP contribution in [0.5, 0.6) is 0 Å². The van der Waals surface area contributed by atoms with E-state index in [1.54, 1.807) is 0 Å². The molecule has 0 aliphatic heterocycles. The van der Waals surface area contributed by atoms with Crippen LogP contribution >= 0.6 is 0 Å². The van der Waals surface area contributed by atoms with Crippen molar-refractivity contribution in [3.05, 3.63) is 134 Å². The van der Waals surface area contributed by atoms with E-state index in [0.29, 0.717) is 17.5 Å². The molecule has 0 bridgehead atoms. The Labute approximate surface area is 235 Å². The Morgan fingerprint density at radius 2 is 1.05 bits per heavy atom. The van der Waals surface area contributed by atoms with Gasteiger partial charge in [-0.15, -0.1) is 0 Å². The maximum atomic E-state index is 6.36. The van der Waals surface area contributed by atoms with Crippen LogP contribution in [-0.4, -0.2) is 19.9 Å². The molecule has 0 aliphatic rings. The summed E-state index contributed by atoms with van der Waals surface area (Å²) in [6, 6.07) is 42.8. The van der Waals surface area contributed by atoms with Crippen LogP contribution in [0.25, 0.3) is 78.1 Å². The molecule has 0 saturated carbocycles. The molecule has 0 radical (unpaired) electrons. The van der Waals surface area contributed by atoms with Crippen LogP contribution in [-0.2, 0) is 0 Å². The summed E-state index contributed by atoms with van der Waals surface area (Å²) in [4.78, 5) is 19.0. The zero-order chi connectivity index (χ0) is 27.2. The molecule has 0 aliphatic carbocycles. The van der Waals surface area contributed by atoms with Crippen molar-refractivity contribution in [1.29, 1.82) is 0 Å². The number of aromatic nitrogens is 4. The highest BCUT2D eigenvalue weighted by Crippen LogP contribution is 2.39. The SMILES string of the molecule is c1ccc(-c2nc(-c3ccccc3)nc(-c3ccc(-c4cccc5oc6c7cccnc7ccc6c45)cc3)n2)cc1. The van der Waals surface area contributed by atoms with Gasteiger partial charge in [-0.2, -0.15) is 0 Å². The third-order valence-corrected chi connectivity index (χ3v) is 7.40. The number of hydrogen-bond donors (Lipinski definition) is 0. The average molecular weight is 527 g/mol. The van der Waals surface area contributed by atoms with E-state index < -0.39 is 0 Å². The molecule has 0 atom stereocenters. The molecule has 0 fully saturated rings. The highest BCUT2D eigenvalue weighted by atomic mass is 16.3. The Hall–Kier alpha value is -5.68. The molecule has 0 amide bonds. The first-order valence-corrected chi connectivity index (χ1v) is 13.5. The first-order chi connectivity index (χ1) is 20.3. The minimum Gasteiger partial charge on any atom is -0.455 e. The van der Waals surface area contributed by atoms with Crippen LogP contribution in [0, 0.1) is 0 Å². The van der Waals surface area contributed by atoms with Crippen LogP contribution in [0.2, 0.25) is 0 Å². The summed E-state index contributed by atoms with van der Waals surface area (Å²) >= 11 is 0. The maximum Gasteiger partial charge on any atom is 0.164 e. The normalized spacial score (nSPS) is 11.4. The largest absolute Gasteiger partial charge is 0.455 e. The van der Waals surface area contributed by atoms with Crippen LogP contribution < -0.4 is 0 Å². The molecule has 3 heterocycles. The Morgan fingerprint density at radius 1 is 0.439 bits per heavy atom. The summed E-state index contributed by atoms with van der Waals surface area (Å²) in [5.41, 5.74) is 7.67. The second-order valence-electron chi connectivity index (χ2n) is 9.91. The van der Waals surface area contributed by atoms with E-state index in [1.807, 2.05) is 85.1 Å². The van der Waals surface area contributed by atoms with E-state index in [4.69, 9.17) is 19.4 Å². The van der Waals surface area contributed by atoms with Crippen LogP contribution in [0.3, 0.4) is 0 Å². The number of rotatable bonds is 4. The third-order valence-electron chi connectivity index (χ3n) is 7.40. The first-order valence-electron chi connectivity index (χ1n) is 13.5. The topological polar surface area (TPSA) is 64.7 Å². The Morgan fingerprint density at radius 3 is 1.71 bits per heavy atom. The smallest absolute Gasteiger partial charge is 0.164 e. The van der Waals surface area contributed by atoms with Crippen molar-refractivity contribution >= 4 is 32.8 Å². The molecule has 3 aromatic heterocycles. The molecule has 0 spiro atoms. The van der Waals surface area contributed by atoms with Crippen molar-refractivity contribution < 1.29 is 4.42 Å². The lowest BCUT2D eigenvalue weighted by Crippen LogP contribution is -2.00. The first kappa shape index (κ1) is 23.2. The van der Waals surface area contributed by atoms with Gasteiger partial charge in [-0.1, -0.05) is 97.1 Å². The van der Waals surface area contributed by atoms with Gasteiger partial charge >= 0.3 is 0 Å². The van der Waals surface area contributed by atoms with Crippen molar-refractivity contribution in [2.24, 2.45) is 0 Å². The standard InChI is InChI=1S/C36H22N4O/c1-3-9-24(10-4-1)34-38-35(25-11-5-2-6-12-25)40-36(39-34)26-18-16-23(17-19-26)27-13-7-15-31-32(27)29-20-21-30-28(33(29)41-31)14-8-22-37-30/h1-22H. The predicted octanol–water partition coefficient (Wildman–Crippen LogP) is 8.99. The summed E-state index contributed by atoms with van der Waals surface area (Å²) in [5, 5.41) is 3.19. The van der Waals surface area contributed by atoms with Gasteiger partial charge in [0.25, 0.3) is 0 Å². The van der Waals surface area contributed by atoms with Crippen molar-refractivity contribution in [2.75, 3.05) is 0 Å². The van der Waals surface area contributed by atoms with Crippen molar-refractivity contribution in [2.45, 2.75) is 0 Å². The summed E-state index contributed by atoms with van der Waals surface area (Å²) in [6.07, 6.45) is 1.81. The molecule has 192 valence electrons. The van der Waals surface area contributed by atoms with Crippen LogP contribution in [0.4, 0.5) is 0 Å². The lowest BCUT2D eigenvalue weighted by Gasteiger charge is -2.09. The van der Waals surface area contributed by atoms with Gasteiger partial charge in [0, 0.05) is 39.0 Å². The van der Waals surface area contributed by atoms with Gasteiger partial charge in [0.1, 0.15) is 11.2 Å². The number of nitrogens with zero attached hydrogens (tertiary/aromatic N) is 4. The van der Waals surface area contributed by atoms with E-state index in [9.17, 15) is 0 Å². The molecule has 41 heavy (non-hydrogen) atoms. The molecule has 0 unspecified atom stereocenters. The molecular formula is C36H22N4O. The lowest BCUT2D eigenvalue weighted by atomic mass is 9.98. The van der Waals surface area contributed by atoms with Gasteiger partial charge in [-0.05, 0) is 41.5 Å². The van der Waals surface area contributed by atoms with E-state index in [0.717, 1.165) is 60.7 Å². The minimum atomic E-state index is 0.634. The lowest BCUT2D eigenvalue weighted by molar-refractivity contribution is 0.672. The number of benzene rings is 5. The zero-order valence-electron chi connectivity index (χ0n) is 21.9. The molecular weight excluding hydrogens is 504 g/mol. The summed E-state index contributed by atoms with van der Waals surface area (Å²) in [6.45, 7) is 0. The van der Waals surface area contributed by atoms with Gasteiger partial charge in [-0.3, -0.25) is 4.98 Å². The summed E-state index contributed by atoms with van der Waals surface area (Å²) in [7, 11) is 0. The highest BCUT2D eigenvalue weighted by molar-refractivity contribution is 6.18.